The predicted octanol–water partition coefficient (Wildman–Crippen LogP) is 2.10. The van der Waals surface area contributed by atoms with Crippen LogP contribution >= 0.6 is 0 Å². The third-order valence-corrected chi connectivity index (χ3v) is 1.84. The van der Waals surface area contributed by atoms with E-state index in [1.807, 2.05) is 0 Å². The van der Waals surface area contributed by atoms with Crippen LogP contribution in [0.25, 0.3) is 10.8 Å². The predicted molar refractivity (Wildman–Crippen MR) is 46.1 cm³/mol. The zero-order chi connectivity index (χ0) is 9.42. The monoisotopic (exact) mass is 180 g/mol. The summed E-state index contributed by atoms with van der Waals surface area (Å²) < 4.78 is 26.0. The molecule has 2 N–H and O–H groups in total. The zero-order valence-electron chi connectivity index (χ0n) is 6.59. The second-order valence-electron chi connectivity index (χ2n) is 2.69. The smallest absolute Gasteiger partial charge is 0.168 e. The molecule has 0 unspecified atom stereocenters. The fraction of sp³-hybridized carbons (Fsp3) is 0. The second-order valence-corrected chi connectivity index (χ2v) is 2.69. The quantitative estimate of drug-likeness (QED) is 0.674. The number of halogens is 2. The van der Waals surface area contributed by atoms with Crippen molar-refractivity contribution in [3.8, 4) is 0 Å². The lowest BCUT2D eigenvalue weighted by molar-refractivity contribution is 0.517. The molecule has 0 fully saturated rings. The first-order chi connectivity index (χ1) is 6.20. The van der Waals surface area contributed by atoms with Crippen LogP contribution in [0.5, 0.6) is 0 Å². The Morgan fingerprint density at radius 1 is 1.15 bits per heavy atom. The number of nitrogens with two attached hydrogens (primary N) is 1. The van der Waals surface area contributed by atoms with Crippen LogP contribution in [-0.2, 0) is 0 Å². The van der Waals surface area contributed by atoms with Gasteiger partial charge in [-0.05, 0) is 12.1 Å². The minimum Gasteiger partial charge on any atom is -0.397 e. The molecule has 2 rings (SSSR count). The summed E-state index contributed by atoms with van der Waals surface area (Å²) in [6.07, 6.45) is 2.74. The molecule has 0 bridgehead atoms. The molecular formula is C9H6F2N2. The van der Waals surface area contributed by atoms with Gasteiger partial charge in [-0.2, -0.15) is 0 Å². The van der Waals surface area contributed by atoms with E-state index in [1.165, 1.54) is 18.5 Å². The number of benzene rings is 1. The van der Waals surface area contributed by atoms with Gasteiger partial charge in [-0.25, -0.2) is 8.78 Å². The SMILES string of the molecule is Nc1cncc2ccc(F)c(F)c12. The molecule has 2 aromatic rings. The number of anilines is 1. The van der Waals surface area contributed by atoms with Gasteiger partial charge in [-0.1, -0.05) is 0 Å². The maximum atomic E-state index is 13.2. The van der Waals surface area contributed by atoms with Crippen LogP contribution in [0.15, 0.2) is 24.5 Å². The van der Waals surface area contributed by atoms with Crippen molar-refractivity contribution in [2.75, 3.05) is 5.73 Å². The van der Waals surface area contributed by atoms with Crippen molar-refractivity contribution in [1.29, 1.82) is 0 Å². The van der Waals surface area contributed by atoms with Gasteiger partial charge in [0.25, 0.3) is 0 Å². The molecule has 0 aliphatic carbocycles. The number of pyridine rings is 1. The molecule has 66 valence electrons. The number of aromatic nitrogens is 1. The van der Waals surface area contributed by atoms with Gasteiger partial charge in [-0.15, -0.1) is 0 Å². The van der Waals surface area contributed by atoms with Crippen LogP contribution in [0.4, 0.5) is 14.5 Å². The highest BCUT2D eigenvalue weighted by atomic mass is 19.2. The van der Waals surface area contributed by atoms with E-state index in [2.05, 4.69) is 4.98 Å². The molecule has 1 aromatic heterocycles. The van der Waals surface area contributed by atoms with E-state index >= 15 is 0 Å². The van der Waals surface area contributed by atoms with E-state index in [4.69, 9.17) is 5.73 Å². The molecule has 0 radical (unpaired) electrons. The summed E-state index contributed by atoms with van der Waals surface area (Å²) in [5, 5.41) is 0.592. The van der Waals surface area contributed by atoms with Crippen LogP contribution in [0.1, 0.15) is 0 Å². The Morgan fingerprint density at radius 3 is 2.69 bits per heavy atom. The van der Waals surface area contributed by atoms with Gasteiger partial charge in [0.15, 0.2) is 11.6 Å². The number of fused-ring (bicyclic) bond motifs is 1. The molecular weight excluding hydrogens is 174 g/mol. The van der Waals surface area contributed by atoms with E-state index < -0.39 is 11.6 Å². The average molecular weight is 180 g/mol. The Kier molecular flexibility index (Phi) is 1.62. The van der Waals surface area contributed by atoms with Gasteiger partial charge < -0.3 is 5.73 Å². The topological polar surface area (TPSA) is 38.9 Å². The summed E-state index contributed by atoms with van der Waals surface area (Å²) in [6.45, 7) is 0. The maximum Gasteiger partial charge on any atom is 0.168 e. The molecule has 0 atom stereocenters. The largest absolute Gasteiger partial charge is 0.397 e. The maximum absolute atomic E-state index is 13.2. The molecule has 0 aliphatic rings. The lowest BCUT2D eigenvalue weighted by atomic mass is 10.1. The van der Waals surface area contributed by atoms with Gasteiger partial charge >= 0.3 is 0 Å². The van der Waals surface area contributed by atoms with E-state index in [0.29, 0.717) is 5.39 Å². The molecule has 0 amide bonds. The molecule has 0 saturated carbocycles. The third kappa shape index (κ3) is 1.11. The van der Waals surface area contributed by atoms with Gasteiger partial charge in [0.2, 0.25) is 0 Å². The Morgan fingerprint density at radius 2 is 1.92 bits per heavy atom. The van der Waals surface area contributed by atoms with Crippen molar-refractivity contribution < 1.29 is 8.78 Å². The number of hydrogen-bond donors (Lipinski definition) is 1. The van der Waals surface area contributed by atoms with Crippen molar-refractivity contribution in [3.05, 3.63) is 36.2 Å². The van der Waals surface area contributed by atoms with Gasteiger partial charge in [0.05, 0.1) is 11.9 Å². The fourth-order valence-electron chi connectivity index (χ4n) is 1.23. The molecule has 0 saturated heterocycles. The summed E-state index contributed by atoms with van der Waals surface area (Å²) in [5.41, 5.74) is 5.60. The van der Waals surface area contributed by atoms with E-state index in [-0.39, 0.29) is 11.1 Å². The molecule has 0 spiro atoms. The van der Waals surface area contributed by atoms with E-state index in [1.54, 1.807) is 0 Å². The zero-order valence-corrected chi connectivity index (χ0v) is 6.59. The molecule has 4 heteroatoms. The van der Waals surface area contributed by atoms with Crippen LogP contribution < -0.4 is 5.73 Å². The van der Waals surface area contributed by atoms with Crippen molar-refractivity contribution in [2.45, 2.75) is 0 Å². The van der Waals surface area contributed by atoms with Crippen LogP contribution in [-0.4, -0.2) is 4.98 Å². The summed E-state index contributed by atoms with van der Waals surface area (Å²) in [4.78, 5) is 3.77. The van der Waals surface area contributed by atoms with E-state index in [9.17, 15) is 8.78 Å². The molecule has 13 heavy (non-hydrogen) atoms. The molecule has 0 aliphatic heterocycles. The summed E-state index contributed by atoms with van der Waals surface area (Å²) in [5.74, 6) is -1.82. The lowest BCUT2D eigenvalue weighted by Crippen LogP contribution is -1.93. The normalized spacial score (nSPS) is 10.6. The van der Waals surface area contributed by atoms with E-state index in [0.717, 1.165) is 6.07 Å². The van der Waals surface area contributed by atoms with Crippen molar-refractivity contribution in [1.82, 2.24) is 4.98 Å². The van der Waals surface area contributed by atoms with Crippen molar-refractivity contribution in [2.24, 2.45) is 0 Å². The van der Waals surface area contributed by atoms with Crippen LogP contribution in [0.3, 0.4) is 0 Å². The minimum absolute atomic E-state index is 0.0926. The van der Waals surface area contributed by atoms with Crippen molar-refractivity contribution >= 4 is 16.5 Å². The van der Waals surface area contributed by atoms with Crippen molar-refractivity contribution in [3.63, 3.8) is 0 Å². The number of rotatable bonds is 0. The molecule has 1 aromatic carbocycles. The number of nitrogen functional groups attached to an aromatic ring is 1. The van der Waals surface area contributed by atoms with Gasteiger partial charge in [-0.3, -0.25) is 4.98 Å². The third-order valence-electron chi connectivity index (χ3n) is 1.84. The lowest BCUT2D eigenvalue weighted by Gasteiger charge is -2.02. The first-order valence-electron chi connectivity index (χ1n) is 3.67. The summed E-state index contributed by atoms with van der Waals surface area (Å²) >= 11 is 0. The van der Waals surface area contributed by atoms with Gasteiger partial charge in [0, 0.05) is 17.0 Å². The van der Waals surface area contributed by atoms with Crippen LogP contribution in [0, 0.1) is 11.6 Å². The highest BCUT2D eigenvalue weighted by Crippen LogP contribution is 2.24. The highest BCUT2D eigenvalue weighted by molar-refractivity contribution is 5.92. The fourth-order valence-corrected chi connectivity index (χ4v) is 1.23. The minimum atomic E-state index is -0.919. The standard InChI is InChI=1S/C9H6F2N2/c10-6-2-1-5-3-13-4-7(12)8(5)9(6)11/h1-4H,12H2. The Bertz CT molecular complexity index is 468. The first-order valence-corrected chi connectivity index (χ1v) is 3.67. The summed E-state index contributed by atoms with van der Waals surface area (Å²) in [7, 11) is 0. The number of hydrogen-bond acceptors (Lipinski definition) is 2. The highest BCUT2D eigenvalue weighted by Gasteiger charge is 2.09. The van der Waals surface area contributed by atoms with Gasteiger partial charge in [0.1, 0.15) is 0 Å². The molecule has 1 heterocycles. The first kappa shape index (κ1) is 7.91. The number of nitrogens with zero attached hydrogens (tertiary/aromatic N) is 1. The average Bonchev–Trinajstić information content (AvgIpc) is 2.12. The summed E-state index contributed by atoms with van der Waals surface area (Å²) in [6, 6.07) is 2.50. The Hall–Kier alpha value is -1.71. The Balaban J connectivity index is 2.97. The van der Waals surface area contributed by atoms with Crippen LogP contribution in [0.2, 0.25) is 0 Å². The Labute approximate surface area is 73.0 Å². The molecule has 2 nitrogen and oxygen atoms in total. The second kappa shape index (κ2) is 2.65.